The number of carbonyl (C=O) groups excluding carboxylic acids is 1. The highest BCUT2D eigenvalue weighted by Crippen LogP contribution is 2.21. The molecule has 0 fully saturated rings. The molecular formula is C16H18N4OS. The first-order valence-electron chi connectivity index (χ1n) is 7.28. The lowest BCUT2D eigenvalue weighted by Gasteiger charge is -2.09. The summed E-state index contributed by atoms with van der Waals surface area (Å²) in [6, 6.07) is 9.68. The fourth-order valence-corrected chi connectivity index (χ4v) is 3.18. The van der Waals surface area contributed by atoms with Gasteiger partial charge in [0, 0.05) is 36.4 Å². The van der Waals surface area contributed by atoms with Gasteiger partial charge in [0.1, 0.15) is 5.65 Å². The van der Waals surface area contributed by atoms with Crippen molar-refractivity contribution < 1.29 is 4.79 Å². The van der Waals surface area contributed by atoms with Gasteiger partial charge in [-0.25, -0.2) is 4.52 Å². The number of carbonyl (C=O) groups is 1. The topological polar surface area (TPSA) is 51.3 Å². The van der Waals surface area contributed by atoms with E-state index in [1.54, 1.807) is 18.0 Å². The molecule has 0 aliphatic rings. The van der Waals surface area contributed by atoms with Crippen LogP contribution in [0.1, 0.15) is 17.3 Å². The number of amides is 1. The Hall–Kier alpha value is -2.21. The molecule has 1 N–H and O–H groups in total. The lowest BCUT2D eigenvalue weighted by Crippen LogP contribution is -2.27. The number of nitrogens with zero attached hydrogens (tertiary/aromatic N) is 3. The highest BCUT2D eigenvalue weighted by Gasteiger charge is 2.10. The number of rotatable bonds is 6. The maximum atomic E-state index is 12.3. The summed E-state index contributed by atoms with van der Waals surface area (Å²) in [5, 5.41) is 7.16. The van der Waals surface area contributed by atoms with Crippen LogP contribution in [0, 0.1) is 0 Å². The highest BCUT2D eigenvalue weighted by atomic mass is 32.2. The Labute approximate surface area is 133 Å². The van der Waals surface area contributed by atoms with Crippen molar-refractivity contribution in [3.05, 3.63) is 54.5 Å². The lowest BCUT2D eigenvalue weighted by atomic mass is 10.2. The van der Waals surface area contributed by atoms with Crippen molar-refractivity contribution in [2.75, 3.05) is 12.3 Å². The van der Waals surface area contributed by atoms with Gasteiger partial charge in [-0.05, 0) is 17.9 Å². The van der Waals surface area contributed by atoms with E-state index in [2.05, 4.69) is 21.9 Å². The average Bonchev–Trinajstić information content (AvgIpc) is 3.12. The second kappa shape index (κ2) is 6.70. The minimum atomic E-state index is -0.0202. The van der Waals surface area contributed by atoms with Crippen LogP contribution in [0.15, 0.2) is 53.8 Å². The van der Waals surface area contributed by atoms with Gasteiger partial charge in [0.15, 0.2) is 0 Å². The zero-order valence-electron chi connectivity index (χ0n) is 12.4. The van der Waals surface area contributed by atoms with Crippen LogP contribution in [0.4, 0.5) is 0 Å². The van der Waals surface area contributed by atoms with Gasteiger partial charge < -0.3 is 9.88 Å². The molecule has 2 heterocycles. The molecule has 0 atom stereocenters. The third kappa shape index (κ3) is 3.01. The zero-order chi connectivity index (χ0) is 15.4. The second-order valence-electron chi connectivity index (χ2n) is 4.81. The fraction of sp³-hybridized carbons (Fsp3) is 0.250. The van der Waals surface area contributed by atoms with E-state index in [0.717, 1.165) is 28.4 Å². The van der Waals surface area contributed by atoms with E-state index in [1.165, 1.54) is 0 Å². The molecule has 1 aromatic carbocycles. The Morgan fingerprint density at radius 3 is 3.00 bits per heavy atom. The van der Waals surface area contributed by atoms with Gasteiger partial charge >= 0.3 is 0 Å². The normalized spacial score (nSPS) is 11.0. The molecule has 5 nitrogen and oxygen atoms in total. The van der Waals surface area contributed by atoms with Crippen LogP contribution < -0.4 is 5.32 Å². The van der Waals surface area contributed by atoms with Crippen molar-refractivity contribution in [2.45, 2.75) is 18.4 Å². The van der Waals surface area contributed by atoms with Gasteiger partial charge in [-0.2, -0.15) is 5.10 Å². The maximum Gasteiger partial charge on any atom is 0.252 e. The van der Waals surface area contributed by atoms with Gasteiger partial charge in [-0.15, -0.1) is 11.8 Å². The fourth-order valence-electron chi connectivity index (χ4n) is 2.38. The van der Waals surface area contributed by atoms with Crippen molar-refractivity contribution in [3.63, 3.8) is 0 Å². The molecule has 0 spiro atoms. The minimum Gasteiger partial charge on any atom is -0.350 e. The van der Waals surface area contributed by atoms with Crippen LogP contribution in [-0.2, 0) is 6.54 Å². The van der Waals surface area contributed by atoms with Crippen molar-refractivity contribution in [1.82, 2.24) is 19.5 Å². The maximum absolute atomic E-state index is 12.3. The largest absolute Gasteiger partial charge is 0.350 e. The molecule has 22 heavy (non-hydrogen) atoms. The highest BCUT2D eigenvalue weighted by molar-refractivity contribution is 7.99. The summed E-state index contributed by atoms with van der Waals surface area (Å²) in [6.45, 7) is 3.39. The summed E-state index contributed by atoms with van der Waals surface area (Å²) in [7, 11) is 0. The Balaban J connectivity index is 1.62. The standard InChI is InChI=1S/C16H18N4OS/c1-2-22-14-6-4-3-5-13(14)16(21)17-9-10-19-11-12-20-15(19)7-8-18-20/h3-8,11-12H,2,9-10H2,1H3,(H,17,21). The SMILES string of the molecule is CCSc1ccccc1C(=O)NCCn1ccn2nccc12. The average molecular weight is 314 g/mol. The van der Waals surface area contributed by atoms with E-state index in [0.29, 0.717) is 6.54 Å². The summed E-state index contributed by atoms with van der Waals surface area (Å²) in [4.78, 5) is 13.4. The number of aromatic nitrogens is 3. The quantitative estimate of drug-likeness (QED) is 0.712. The number of fused-ring (bicyclic) bond motifs is 1. The predicted molar refractivity (Wildman–Crippen MR) is 88.4 cm³/mol. The first kappa shape index (κ1) is 14.7. The Morgan fingerprint density at radius 1 is 1.27 bits per heavy atom. The molecule has 2 aromatic heterocycles. The van der Waals surface area contributed by atoms with Gasteiger partial charge in [-0.3, -0.25) is 4.79 Å². The van der Waals surface area contributed by atoms with Crippen LogP contribution in [0.2, 0.25) is 0 Å². The second-order valence-corrected chi connectivity index (χ2v) is 6.12. The number of imidazole rings is 1. The molecule has 0 aliphatic heterocycles. The first-order valence-corrected chi connectivity index (χ1v) is 8.26. The van der Waals surface area contributed by atoms with E-state index in [-0.39, 0.29) is 5.91 Å². The molecule has 3 aromatic rings. The predicted octanol–water partition coefficient (Wildman–Crippen LogP) is 2.68. The summed E-state index contributed by atoms with van der Waals surface area (Å²) < 4.78 is 3.88. The van der Waals surface area contributed by atoms with Gasteiger partial charge in [0.2, 0.25) is 0 Å². The van der Waals surface area contributed by atoms with E-state index in [1.807, 2.05) is 47.2 Å². The zero-order valence-corrected chi connectivity index (χ0v) is 13.2. The number of thioether (sulfide) groups is 1. The van der Waals surface area contributed by atoms with E-state index >= 15 is 0 Å². The van der Waals surface area contributed by atoms with E-state index < -0.39 is 0 Å². The summed E-state index contributed by atoms with van der Waals surface area (Å²) in [6.07, 6.45) is 5.64. The number of nitrogens with one attached hydrogen (secondary N) is 1. The van der Waals surface area contributed by atoms with Crippen LogP contribution >= 0.6 is 11.8 Å². The summed E-state index contributed by atoms with van der Waals surface area (Å²) in [5.41, 5.74) is 1.77. The van der Waals surface area contributed by atoms with Crippen LogP contribution in [0.5, 0.6) is 0 Å². The number of hydrogen-bond donors (Lipinski definition) is 1. The molecule has 0 aliphatic carbocycles. The molecule has 3 rings (SSSR count). The third-order valence-electron chi connectivity index (χ3n) is 3.40. The molecule has 0 bridgehead atoms. The molecule has 1 amide bonds. The van der Waals surface area contributed by atoms with Crippen molar-refractivity contribution in [2.24, 2.45) is 0 Å². The van der Waals surface area contributed by atoms with Gasteiger partial charge in [0.05, 0.1) is 11.8 Å². The first-order chi connectivity index (χ1) is 10.8. The molecule has 0 saturated carbocycles. The molecule has 0 radical (unpaired) electrons. The van der Waals surface area contributed by atoms with E-state index in [4.69, 9.17) is 0 Å². The lowest BCUT2D eigenvalue weighted by molar-refractivity contribution is 0.0949. The molecular weight excluding hydrogens is 296 g/mol. The number of benzene rings is 1. The molecule has 6 heteroatoms. The van der Waals surface area contributed by atoms with Gasteiger partial charge in [-0.1, -0.05) is 19.1 Å². The Kier molecular flexibility index (Phi) is 4.48. The van der Waals surface area contributed by atoms with E-state index in [9.17, 15) is 4.79 Å². The van der Waals surface area contributed by atoms with Crippen molar-refractivity contribution in [1.29, 1.82) is 0 Å². The van der Waals surface area contributed by atoms with Crippen LogP contribution in [-0.4, -0.2) is 32.4 Å². The summed E-state index contributed by atoms with van der Waals surface area (Å²) in [5.74, 6) is 0.931. The minimum absolute atomic E-state index is 0.0202. The van der Waals surface area contributed by atoms with Gasteiger partial charge in [0.25, 0.3) is 5.91 Å². The van der Waals surface area contributed by atoms with Crippen molar-refractivity contribution >= 4 is 23.3 Å². The summed E-state index contributed by atoms with van der Waals surface area (Å²) >= 11 is 1.69. The van der Waals surface area contributed by atoms with Crippen molar-refractivity contribution in [3.8, 4) is 0 Å². The smallest absolute Gasteiger partial charge is 0.252 e. The third-order valence-corrected chi connectivity index (χ3v) is 4.36. The molecule has 0 unspecified atom stereocenters. The van der Waals surface area contributed by atoms with Crippen LogP contribution in [0.3, 0.4) is 0 Å². The Morgan fingerprint density at radius 2 is 2.14 bits per heavy atom. The molecule has 114 valence electrons. The van der Waals surface area contributed by atoms with Crippen LogP contribution in [0.25, 0.3) is 5.65 Å². The number of hydrogen-bond acceptors (Lipinski definition) is 3. The molecule has 0 saturated heterocycles. The monoisotopic (exact) mass is 314 g/mol. The Bertz CT molecular complexity index is 777.